The molecule has 134 valence electrons. The minimum atomic E-state index is -0.428. The minimum Gasteiger partial charge on any atom is -0.362 e. The Bertz CT molecular complexity index is 514. The maximum atomic E-state index is 12.7. The largest absolute Gasteiger partial charge is 0.362 e. The van der Waals surface area contributed by atoms with Crippen LogP contribution in [0.2, 0.25) is 0 Å². The van der Waals surface area contributed by atoms with Crippen molar-refractivity contribution in [1.82, 2.24) is 19.6 Å². The minimum absolute atomic E-state index is 0.0133. The van der Waals surface area contributed by atoms with Gasteiger partial charge in [-0.1, -0.05) is 0 Å². The summed E-state index contributed by atoms with van der Waals surface area (Å²) < 4.78 is 4.89. The summed E-state index contributed by atoms with van der Waals surface area (Å²) in [7, 11) is 4.25. The summed E-state index contributed by atoms with van der Waals surface area (Å²) in [4.78, 5) is 43.8. The van der Waals surface area contributed by atoms with E-state index in [4.69, 9.17) is 4.74 Å². The van der Waals surface area contributed by atoms with Crippen LogP contribution in [0.25, 0.3) is 0 Å². The van der Waals surface area contributed by atoms with Crippen LogP contribution in [0.5, 0.6) is 0 Å². The summed E-state index contributed by atoms with van der Waals surface area (Å²) in [6.07, 6.45) is 2.05. The number of hydrogen-bond donors (Lipinski definition) is 0. The van der Waals surface area contributed by atoms with Gasteiger partial charge in [0.2, 0.25) is 5.91 Å². The molecule has 0 bridgehead atoms. The summed E-state index contributed by atoms with van der Waals surface area (Å²) in [6, 6.07) is 0. The van der Waals surface area contributed by atoms with E-state index in [1.54, 1.807) is 0 Å². The molecule has 0 unspecified atom stereocenters. The van der Waals surface area contributed by atoms with Crippen LogP contribution in [-0.2, 0) is 19.1 Å². The number of likely N-dealkylation sites (tertiary alicyclic amines) is 1. The lowest BCUT2D eigenvalue weighted by molar-refractivity contribution is -0.162. The molecule has 3 saturated heterocycles. The van der Waals surface area contributed by atoms with Gasteiger partial charge < -0.3 is 14.5 Å². The SMILES string of the molecule is CN1CCC2(CC1)CN(C(=O)CN1C(=O)COCC1=O)CCN2C. The lowest BCUT2D eigenvalue weighted by Crippen LogP contribution is -2.65. The van der Waals surface area contributed by atoms with E-state index in [-0.39, 0.29) is 31.2 Å². The summed E-state index contributed by atoms with van der Waals surface area (Å²) in [5.74, 6) is -1.00. The molecule has 8 nitrogen and oxygen atoms in total. The smallest absolute Gasteiger partial charge is 0.255 e. The van der Waals surface area contributed by atoms with E-state index in [2.05, 4.69) is 23.9 Å². The molecule has 3 aliphatic rings. The van der Waals surface area contributed by atoms with Gasteiger partial charge in [-0.15, -0.1) is 0 Å². The molecular formula is C16H26N4O4. The van der Waals surface area contributed by atoms with E-state index in [1.165, 1.54) is 0 Å². The zero-order chi connectivity index (χ0) is 17.3. The van der Waals surface area contributed by atoms with Crippen molar-refractivity contribution in [1.29, 1.82) is 0 Å². The van der Waals surface area contributed by atoms with Crippen LogP contribution in [0, 0.1) is 0 Å². The molecule has 0 N–H and O–H groups in total. The Morgan fingerprint density at radius 2 is 1.67 bits per heavy atom. The van der Waals surface area contributed by atoms with E-state index >= 15 is 0 Å². The molecule has 0 atom stereocenters. The molecule has 3 amide bonds. The average molecular weight is 338 g/mol. The Labute approximate surface area is 142 Å². The zero-order valence-corrected chi connectivity index (χ0v) is 14.5. The maximum absolute atomic E-state index is 12.7. The van der Waals surface area contributed by atoms with E-state index in [9.17, 15) is 14.4 Å². The number of piperazine rings is 1. The lowest BCUT2D eigenvalue weighted by Gasteiger charge is -2.52. The predicted molar refractivity (Wildman–Crippen MR) is 86.2 cm³/mol. The Hall–Kier alpha value is -1.51. The average Bonchev–Trinajstić information content (AvgIpc) is 2.56. The third-order valence-corrected chi connectivity index (χ3v) is 5.62. The number of carbonyl (C=O) groups excluding carboxylic acids is 3. The van der Waals surface area contributed by atoms with Gasteiger partial charge in [-0.2, -0.15) is 0 Å². The molecule has 3 aliphatic heterocycles. The first kappa shape index (κ1) is 17.3. The van der Waals surface area contributed by atoms with Crippen LogP contribution >= 0.6 is 0 Å². The molecule has 0 aromatic carbocycles. The predicted octanol–water partition coefficient (Wildman–Crippen LogP) is -1.39. The van der Waals surface area contributed by atoms with Crippen LogP contribution in [-0.4, -0.2) is 109 Å². The molecule has 0 saturated carbocycles. The Morgan fingerprint density at radius 3 is 2.29 bits per heavy atom. The van der Waals surface area contributed by atoms with Crippen LogP contribution in [0.4, 0.5) is 0 Å². The van der Waals surface area contributed by atoms with E-state index in [0.29, 0.717) is 13.1 Å². The lowest BCUT2D eigenvalue weighted by atomic mass is 9.84. The van der Waals surface area contributed by atoms with Crippen molar-refractivity contribution in [3.8, 4) is 0 Å². The zero-order valence-electron chi connectivity index (χ0n) is 14.5. The van der Waals surface area contributed by atoms with Crippen molar-refractivity contribution in [3.63, 3.8) is 0 Å². The number of amides is 3. The highest BCUT2D eigenvalue weighted by molar-refractivity contribution is 6.01. The molecule has 3 rings (SSSR count). The van der Waals surface area contributed by atoms with Gasteiger partial charge in [0, 0.05) is 25.2 Å². The molecule has 0 aliphatic carbocycles. The standard InChI is InChI=1S/C16H26N4O4/c1-17-5-3-16(4-6-17)12-19(8-7-18(16)2)13(21)9-20-14(22)10-24-11-15(20)23/h3-12H2,1-2H3. The number of nitrogens with zero attached hydrogens (tertiary/aromatic N) is 4. The van der Waals surface area contributed by atoms with Crippen LogP contribution < -0.4 is 0 Å². The number of rotatable bonds is 2. The van der Waals surface area contributed by atoms with Gasteiger partial charge >= 0.3 is 0 Å². The normalized spacial score (nSPS) is 26.2. The number of carbonyl (C=O) groups is 3. The van der Waals surface area contributed by atoms with Gasteiger partial charge in [-0.25, -0.2) is 0 Å². The quantitative estimate of drug-likeness (QED) is 0.577. The molecule has 24 heavy (non-hydrogen) atoms. The van der Waals surface area contributed by atoms with Gasteiger partial charge in [0.15, 0.2) is 0 Å². The summed E-state index contributed by atoms with van der Waals surface area (Å²) in [5.41, 5.74) is 0.0133. The van der Waals surface area contributed by atoms with Gasteiger partial charge in [0.25, 0.3) is 11.8 Å². The molecule has 0 radical (unpaired) electrons. The van der Waals surface area contributed by atoms with Crippen molar-refractivity contribution >= 4 is 17.7 Å². The molecule has 1 spiro atoms. The second-order valence-corrected chi connectivity index (χ2v) is 7.13. The number of likely N-dealkylation sites (N-methyl/N-ethyl adjacent to an activating group) is 1. The number of piperidine rings is 1. The fraction of sp³-hybridized carbons (Fsp3) is 0.812. The van der Waals surface area contributed by atoms with Crippen molar-refractivity contribution in [2.75, 3.05) is 66.6 Å². The number of hydrogen-bond acceptors (Lipinski definition) is 6. The molecule has 8 heteroatoms. The van der Waals surface area contributed by atoms with Crippen molar-refractivity contribution in [2.45, 2.75) is 18.4 Å². The van der Waals surface area contributed by atoms with Crippen LogP contribution in [0.1, 0.15) is 12.8 Å². The second kappa shape index (κ2) is 6.78. The third kappa shape index (κ3) is 3.31. The summed E-state index contributed by atoms with van der Waals surface area (Å²) in [6.45, 7) is 3.75. The van der Waals surface area contributed by atoms with E-state index < -0.39 is 11.8 Å². The topological polar surface area (TPSA) is 73.4 Å². The third-order valence-electron chi connectivity index (χ3n) is 5.62. The van der Waals surface area contributed by atoms with Gasteiger partial charge in [-0.3, -0.25) is 24.2 Å². The second-order valence-electron chi connectivity index (χ2n) is 7.13. The van der Waals surface area contributed by atoms with Crippen molar-refractivity contribution < 1.29 is 19.1 Å². The van der Waals surface area contributed by atoms with Gasteiger partial charge in [0.1, 0.15) is 19.8 Å². The molecule has 0 aromatic rings. The highest BCUT2D eigenvalue weighted by Crippen LogP contribution is 2.31. The molecular weight excluding hydrogens is 312 g/mol. The van der Waals surface area contributed by atoms with E-state index in [1.807, 2.05) is 4.90 Å². The maximum Gasteiger partial charge on any atom is 0.255 e. The first-order valence-electron chi connectivity index (χ1n) is 8.50. The number of imide groups is 1. The highest BCUT2D eigenvalue weighted by atomic mass is 16.5. The fourth-order valence-corrected chi connectivity index (χ4v) is 3.78. The van der Waals surface area contributed by atoms with E-state index in [0.717, 1.165) is 37.4 Å². The highest BCUT2D eigenvalue weighted by Gasteiger charge is 2.43. The van der Waals surface area contributed by atoms with Crippen molar-refractivity contribution in [2.24, 2.45) is 0 Å². The van der Waals surface area contributed by atoms with Crippen LogP contribution in [0.15, 0.2) is 0 Å². The number of ether oxygens (including phenoxy) is 1. The molecule has 0 aromatic heterocycles. The summed E-state index contributed by atoms with van der Waals surface area (Å²) >= 11 is 0. The first-order valence-corrected chi connectivity index (χ1v) is 8.50. The molecule has 3 fully saturated rings. The first-order chi connectivity index (χ1) is 11.4. The molecule has 3 heterocycles. The van der Waals surface area contributed by atoms with Gasteiger partial charge in [0.05, 0.1) is 0 Å². The Balaban J connectivity index is 1.65. The Kier molecular flexibility index (Phi) is 4.89. The van der Waals surface area contributed by atoms with Crippen molar-refractivity contribution in [3.05, 3.63) is 0 Å². The summed E-state index contributed by atoms with van der Waals surface area (Å²) in [5, 5.41) is 0. The fourth-order valence-electron chi connectivity index (χ4n) is 3.78. The van der Waals surface area contributed by atoms with Gasteiger partial charge in [-0.05, 0) is 40.0 Å². The monoisotopic (exact) mass is 338 g/mol. The Morgan fingerprint density at radius 1 is 1.04 bits per heavy atom. The van der Waals surface area contributed by atoms with Crippen LogP contribution in [0.3, 0.4) is 0 Å². The number of morpholine rings is 1.